The standard InChI is InChI=1S/C22H19ClN4O2/c1-4-16-8-5-14(12-25-16)6-9-17-13(2)26-22(24)27-20(17)15-7-10-18(19(23)11-15)21(28)29-3/h5,7-8,10-12H,4H2,1-3H3,(H2,24,26,27). The number of halogens is 1. The largest absolute Gasteiger partial charge is 0.465 e. The molecule has 0 radical (unpaired) electrons. The van der Waals surface area contributed by atoms with Crippen LogP contribution >= 0.6 is 11.6 Å². The Hall–Kier alpha value is -3.43. The van der Waals surface area contributed by atoms with Crippen LogP contribution in [0.1, 0.15) is 39.8 Å². The van der Waals surface area contributed by atoms with Crippen molar-refractivity contribution in [3.05, 3.63) is 69.6 Å². The molecule has 0 unspecified atom stereocenters. The molecular formula is C22H19ClN4O2. The van der Waals surface area contributed by atoms with Gasteiger partial charge in [0.15, 0.2) is 0 Å². The first-order valence-electron chi connectivity index (χ1n) is 8.92. The van der Waals surface area contributed by atoms with Crippen LogP contribution in [0.3, 0.4) is 0 Å². The maximum atomic E-state index is 11.8. The van der Waals surface area contributed by atoms with E-state index in [2.05, 4.69) is 26.8 Å². The van der Waals surface area contributed by atoms with E-state index in [0.717, 1.165) is 17.7 Å². The minimum atomic E-state index is -0.511. The zero-order valence-electron chi connectivity index (χ0n) is 16.3. The molecule has 29 heavy (non-hydrogen) atoms. The fraction of sp³-hybridized carbons (Fsp3) is 0.182. The average Bonchev–Trinajstić information content (AvgIpc) is 2.72. The molecular weight excluding hydrogens is 388 g/mol. The number of carbonyl (C=O) groups excluding carboxylic acids is 1. The molecule has 0 fully saturated rings. The maximum absolute atomic E-state index is 11.8. The van der Waals surface area contributed by atoms with Crippen molar-refractivity contribution >= 4 is 23.5 Å². The molecule has 0 saturated heterocycles. The van der Waals surface area contributed by atoms with Crippen molar-refractivity contribution in [3.8, 4) is 23.1 Å². The number of hydrogen-bond donors (Lipinski definition) is 1. The Morgan fingerprint density at radius 3 is 2.62 bits per heavy atom. The third-order valence-electron chi connectivity index (χ3n) is 4.27. The molecule has 2 heterocycles. The van der Waals surface area contributed by atoms with E-state index in [1.807, 2.05) is 26.0 Å². The average molecular weight is 407 g/mol. The van der Waals surface area contributed by atoms with Crippen molar-refractivity contribution in [1.82, 2.24) is 15.0 Å². The summed E-state index contributed by atoms with van der Waals surface area (Å²) in [5, 5.41) is 0.252. The lowest BCUT2D eigenvalue weighted by molar-refractivity contribution is 0.0601. The Bertz CT molecular complexity index is 1130. The van der Waals surface area contributed by atoms with Gasteiger partial charge in [-0.3, -0.25) is 4.98 Å². The lowest BCUT2D eigenvalue weighted by atomic mass is 10.0. The normalized spacial score (nSPS) is 10.2. The van der Waals surface area contributed by atoms with E-state index in [9.17, 15) is 4.79 Å². The second kappa shape index (κ2) is 8.72. The Balaban J connectivity index is 2.08. The van der Waals surface area contributed by atoms with Crippen LogP contribution in [0, 0.1) is 18.8 Å². The summed E-state index contributed by atoms with van der Waals surface area (Å²) in [6.45, 7) is 3.86. The Morgan fingerprint density at radius 1 is 1.21 bits per heavy atom. The molecule has 1 aromatic carbocycles. The SMILES string of the molecule is CCc1ccc(C#Cc2c(C)nc(N)nc2-c2ccc(C(=O)OC)c(Cl)c2)cn1. The molecule has 146 valence electrons. The summed E-state index contributed by atoms with van der Waals surface area (Å²) in [6, 6.07) is 8.82. The van der Waals surface area contributed by atoms with Gasteiger partial charge < -0.3 is 10.5 Å². The molecule has 6 nitrogen and oxygen atoms in total. The van der Waals surface area contributed by atoms with Crippen LogP contribution in [0.4, 0.5) is 5.95 Å². The van der Waals surface area contributed by atoms with Crippen LogP contribution in [0.2, 0.25) is 5.02 Å². The molecule has 0 atom stereocenters. The molecule has 0 aliphatic carbocycles. The number of carbonyl (C=O) groups is 1. The zero-order chi connectivity index (χ0) is 21.0. The quantitative estimate of drug-likeness (QED) is 0.525. The van der Waals surface area contributed by atoms with Gasteiger partial charge in [0.2, 0.25) is 5.95 Å². The van der Waals surface area contributed by atoms with E-state index >= 15 is 0 Å². The van der Waals surface area contributed by atoms with Gasteiger partial charge in [0.1, 0.15) is 0 Å². The van der Waals surface area contributed by atoms with E-state index in [-0.39, 0.29) is 16.5 Å². The highest BCUT2D eigenvalue weighted by atomic mass is 35.5. The van der Waals surface area contributed by atoms with Crippen LogP contribution in [-0.4, -0.2) is 28.0 Å². The summed E-state index contributed by atoms with van der Waals surface area (Å²) in [7, 11) is 1.30. The number of ether oxygens (including phenoxy) is 1. The monoisotopic (exact) mass is 406 g/mol. The summed E-state index contributed by atoms with van der Waals surface area (Å²) in [4.78, 5) is 24.7. The van der Waals surface area contributed by atoms with Gasteiger partial charge in [-0.2, -0.15) is 0 Å². The van der Waals surface area contributed by atoms with Gasteiger partial charge >= 0.3 is 5.97 Å². The number of esters is 1. The molecule has 0 bridgehead atoms. The Morgan fingerprint density at radius 2 is 2.00 bits per heavy atom. The highest BCUT2D eigenvalue weighted by Crippen LogP contribution is 2.28. The molecule has 0 amide bonds. The number of benzene rings is 1. The minimum absolute atomic E-state index is 0.130. The molecule has 3 rings (SSSR count). The molecule has 2 aromatic heterocycles. The number of aryl methyl sites for hydroxylation is 2. The van der Waals surface area contributed by atoms with Crippen molar-refractivity contribution in [2.24, 2.45) is 0 Å². The number of anilines is 1. The van der Waals surface area contributed by atoms with Gasteiger partial charge in [-0.1, -0.05) is 36.4 Å². The Labute approximate surface area is 174 Å². The van der Waals surface area contributed by atoms with Gasteiger partial charge in [-0.15, -0.1) is 0 Å². The van der Waals surface area contributed by atoms with Crippen LogP contribution in [0.25, 0.3) is 11.3 Å². The summed E-state index contributed by atoms with van der Waals surface area (Å²) in [6.07, 6.45) is 2.60. The van der Waals surface area contributed by atoms with Crippen LogP contribution in [0.5, 0.6) is 0 Å². The maximum Gasteiger partial charge on any atom is 0.339 e. The number of nitrogens with zero attached hydrogens (tertiary/aromatic N) is 3. The van der Waals surface area contributed by atoms with Crippen molar-refractivity contribution in [2.45, 2.75) is 20.3 Å². The number of methoxy groups -OCH3 is 1. The molecule has 0 aliphatic heterocycles. The van der Waals surface area contributed by atoms with Crippen molar-refractivity contribution < 1.29 is 9.53 Å². The predicted molar refractivity (Wildman–Crippen MR) is 113 cm³/mol. The van der Waals surface area contributed by atoms with E-state index in [1.54, 1.807) is 24.4 Å². The lowest BCUT2D eigenvalue weighted by Gasteiger charge is -2.10. The van der Waals surface area contributed by atoms with Crippen LogP contribution in [0.15, 0.2) is 36.5 Å². The van der Waals surface area contributed by atoms with E-state index in [4.69, 9.17) is 22.1 Å². The fourth-order valence-electron chi connectivity index (χ4n) is 2.73. The molecule has 3 aromatic rings. The highest BCUT2D eigenvalue weighted by Gasteiger charge is 2.15. The Kier molecular flexibility index (Phi) is 6.10. The number of pyridine rings is 1. The number of rotatable bonds is 3. The first-order chi connectivity index (χ1) is 13.9. The van der Waals surface area contributed by atoms with Gasteiger partial charge in [0, 0.05) is 23.0 Å². The second-order valence-electron chi connectivity index (χ2n) is 6.22. The summed E-state index contributed by atoms with van der Waals surface area (Å²) in [5.41, 5.74) is 10.4. The smallest absolute Gasteiger partial charge is 0.339 e. The molecule has 0 spiro atoms. The molecule has 0 aliphatic rings. The third-order valence-corrected chi connectivity index (χ3v) is 4.59. The molecule has 7 heteroatoms. The van der Waals surface area contributed by atoms with Crippen LogP contribution in [-0.2, 0) is 11.2 Å². The number of aromatic nitrogens is 3. The topological polar surface area (TPSA) is 91.0 Å². The predicted octanol–water partition coefficient (Wildman–Crippen LogP) is 3.83. The second-order valence-corrected chi connectivity index (χ2v) is 6.63. The van der Waals surface area contributed by atoms with Gasteiger partial charge in [-0.25, -0.2) is 14.8 Å². The number of nitrogens with two attached hydrogens (primary N) is 1. The molecule has 2 N–H and O–H groups in total. The van der Waals surface area contributed by atoms with Gasteiger partial charge in [0.05, 0.1) is 34.6 Å². The van der Waals surface area contributed by atoms with E-state index in [0.29, 0.717) is 22.5 Å². The van der Waals surface area contributed by atoms with E-state index in [1.165, 1.54) is 7.11 Å². The van der Waals surface area contributed by atoms with Gasteiger partial charge in [-0.05, 0) is 37.6 Å². The summed E-state index contributed by atoms with van der Waals surface area (Å²) in [5.74, 6) is 5.84. The highest BCUT2D eigenvalue weighted by molar-refractivity contribution is 6.33. The molecule has 0 saturated carbocycles. The summed E-state index contributed by atoms with van der Waals surface area (Å²) < 4.78 is 4.73. The van der Waals surface area contributed by atoms with E-state index < -0.39 is 5.97 Å². The van der Waals surface area contributed by atoms with Gasteiger partial charge in [0.25, 0.3) is 0 Å². The lowest BCUT2D eigenvalue weighted by Crippen LogP contribution is -2.04. The van der Waals surface area contributed by atoms with Crippen LogP contribution < -0.4 is 5.73 Å². The zero-order valence-corrected chi connectivity index (χ0v) is 17.0. The summed E-state index contributed by atoms with van der Waals surface area (Å²) >= 11 is 6.27. The van der Waals surface area contributed by atoms with Crippen molar-refractivity contribution in [1.29, 1.82) is 0 Å². The minimum Gasteiger partial charge on any atom is -0.465 e. The number of hydrogen-bond acceptors (Lipinski definition) is 6. The van der Waals surface area contributed by atoms with Crippen molar-refractivity contribution in [2.75, 3.05) is 12.8 Å². The number of nitrogen functional groups attached to an aromatic ring is 1. The van der Waals surface area contributed by atoms with Crippen molar-refractivity contribution in [3.63, 3.8) is 0 Å². The first kappa shape index (κ1) is 20.3. The fourth-order valence-corrected chi connectivity index (χ4v) is 2.99. The third kappa shape index (κ3) is 4.53. The first-order valence-corrected chi connectivity index (χ1v) is 9.30.